The Morgan fingerprint density at radius 3 is 3.12 bits per heavy atom. The molecule has 0 saturated carbocycles. The first-order valence-corrected chi connectivity index (χ1v) is 5.13. The van der Waals surface area contributed by atoms with Crippen LogP contribution in [0.15, 0.2) is 10.5 Å². The Bertz CT molecular complexity index is 457. The van der Waals surface area contributed by atoms with Crippen molar-refractivity contribution in [2.45, 2.75) is 0 Å². The van der Waals surface area contributed by atoms with Crippen molar-refractivity contribution in [3.63, 3.8) is 0 Å². The van der Waals surface area contributed by atoms with E-state index in [2.05, 4.69) is 14.8 Å². The second-order valence-corrected chi connectivity index (χ2v) is 3.67. The Hall–Kier alpha value is -2.03. The average molecular weight is 242 g/mol. The quantitative estimate of drug-likeness (QED) is 0.444. The van der Waals surface area contributed by atoms with Gasteiger partial charge in [0.2, 0.25) is 5.01 Å². The van der Waals surface area contributed by atoms with Crippen LogP contribution in [-0.2, 0) is 4.74 Å². The number of carbonyl (C=O) groups is 1. The Kier molecular flexibility index (Phi) is 2.77. The maximum absolute atomic E-state index is 11.0. The van der Waals surface area contributed by atoms with Crippen molar-refractivity contribution in [1.82, 2.24) is 9.99 Å². The molecular formula is C7H6N4O4S. The van der Waals surface area contributed by atoms with Crippen molar-refractivity contribution in [3.05, 3.63) is 20.5 Å². The molecule has 0 spiro atoms. The van der Waals surface area contributed by atoms with E-state index in [1.165, 1.54) is 11.6 Å². The van der Waals surface area contributed by atoms with Gasteiger partial charge >= 0.3 is 11.9 Å². The Labute approximate surface area is 93.3 Å². The van der Waals surface area contributed by atoms with Crippen LogP contribution in [0, 0.1) is 10.1 Å². The van der Waals surface area contributed by atoms with Gasteiger partial charge in [-0.2, -0.15) is 10.1 Å². The monoisotopic (exact) mass is 242 g/mol. The topological polar surface area (TPSA) is 97.9 Å². The van der Waals surface area contributed by atoms with Crippen molar-refractivity contribution in [1.29, 1.82) is 0 Å². The highest BCUT2D eigenvalue weighted by molar-refractivity contribution is 7.11. The highest BCUT2D eigenvalue weighted by atomic mass is 32.1. The molecule has 1 aromatic heterocycles. The van der Waals surface area contributed by atoms with E-state index in [-0.39, 0.29) is 5.82 Å². The molecule has 2 heterocycles. The molecule has 84 valence electrons. The van der Waals surface area contributed by atoms with Gasteiger partial charge in [0.1, 0.15) is 12.8 Å². The lowest BCUT2D eigenvalue weighted by atomic mass is 10.7. The summed E-state index contributed by atoms with van der Waals surface area (Å²) in [5.74, 6) is -0.226. The van der Waals surface area contributed by atoms with Gasteiger partial charge in [-0.05, 0) is 9.91 Å². The van der Waals surface area contributed by atoms with Gasteiger partial charge in [-0.25, -0.2) is 4.79 Å². The minimum atomic E-state index is -0.585. The van der Waals surface area contributed by atoms with E-state index in [0.717, 1.165) is 16.3 Å². The normalized spacial score (nSPS) is 15.8. The van der Waals surface area contributed by atoms with Crippen molar-refractivity contribution in [2.24, 2.45) is 5.10 Å². The predicted molar refractivity (Wildman–Crippen MR) is 54.4 cm³/mol. The number of hydrogen-bond donors (Lipinski definition) is 0. The molecule has 1 fully saturated rings. The minimum Gasteiger partial charge on any atom is -0.446 e. The van der Waals surface area contributed by atoms with Gasteiger partial charge in [0.15, 0.2) is 0 Å². The first-order chi connectivity index (χ1) is 7.66. The zero-order valence-electron chi connectivity index (χ0n) is 7.90. The summed E-state index contributed by atoms with van der Waals surface area (Å²) in [6.07, 6.45) is 0.770. The number of carbonyl (C=O) groups excluding carboxylic acids is 1. The number of amides is 1. The Morgan fingerprint density at radius 2 is 2.56 bits per heavy atom. The SMILES string of the molecule is O=C1OCCN1/N=C/c1nc([N+](=O)[O-])cs1. The van der Waals surface area contributed by atoms with Gasteiger partial charge in [0, 0.05) is 0 Å². The van der Waals surface area contributed by atoms with Crippen molar-refractivity contribution < 1.29 is 14.5 Å². The van der Waals surface area contributed by atoms with Crippen molar-refractivity contribution in [2.75, 3.05) is 13.2 Å². The largest absolute Gasteiger partial charge is 0.446 e. The van der Waals surface area contributed by atoms with Crippen LogP contribution in [0.1, 0.15) is 5.01 Å². The minimum absolute atomic E-state index is 0.226. The number of nitro groups is 1. The first kappa shape index (κ1) is 10.5. The molecule has 0 N–H and O–H groups in total. The standard InChI is InChI=1S/C7H6N4O4S/c12-7-10(1-2-15-7)8-3-6-9-5(4-16-6)11(13)14/h3-4H,1-2H2/b8-3+. The number of nitrogens with zero attached hydrogens (tertiary/aromatic N) is 4. The summed E-state index contributed by atoms with van der Waals surface area (Å²) in [5.41, 5.74) is 0. The van der Waals surface area contributed by atoms with E-state index >= 15 is 0 Å². The fourth-order valence-electron chi connectivity index (χ4n) is 1.03. The van der Waals surface area contributed by atoms with Gasteiger partial charge < -0.3 is 14.9 Å². The predicted octanol–water partition coefficient (Wildman–Crippen LogP) is 0.837. The first-order valence-electron chi connectivity index (χ1n) is 4.25. The van der Waals surface area contributed by atoms with Gasteiger partial charge in [0.05, 0.1) is 11.9 Å². The molecule has 0 aliphatic carbocycles. The van der Waals surface area contributed by atoms with Crippen molar-refractivity contribution >= 4 is 29.5 Å². The highest BCUT2D eigenvalue weighted by Crippen LogP contribution is 2.14. The molecule has 16 heavy (non-hydrogen) atoms. The van der Waals surface area contributed by atoms with Gasteiger partial charge in [-0.1, -0.05) is 11.3 Å². The number of thiazole rings is 1. The molecular weight excluding hydrogens is 236 g/mol. The Morgan fingerprint density at radius 1 is 1.75 bits per heavy atom. The van der Waals surface area contributed by atoms with Crippen LogP contribution in [-0.4, -0.2) is 40.4 Å². The molecule has 8 nitrogen and oxygen atoms in total. The maximum Gasteiger partial charge on any atom is 0.430 e. The van der Waals surface area contributed by atoms with Crippen LogP contribution >= 0.6 is 11.3 Å². The summed E-state index contributed by atoms with van der Waals surface area (Å²) in [7, 11) is 0. The van der Waals surface area contributed by atoms with Crippen LogP contribution in [0.2, 0.25) is 0 Å². The third-order valence-electron chi connectivity index (χ3n) is 1.74. The molecule has 0 unspecified atom stereocenters. The zero-order chi connectivity index (χ0) is 11.5. The summed E-state index contributed by atoms with van der Waals surface area (Å²) in [6.45, 7) is 0.678. The molecule has 1 saturated heterocycles. The van der Waals surface area contributed by atoms with Gasteiger partial charge in [0.25, 0.3) is 0 Å². The Balaban J connectivity index is 2.05. The van der Waals surface area contributed by atoms with E-state index in [1.807, 2.05) is 0 Å². The lowest BCUT2D eigenvalue weighted by molar-refractivity contribution is -0.389. The van der Waals surface area contributed by atoms with E-state index in [4.69, 9.17) is 0 Å². The average Bonchev–Trinajstić information content (AvgIpc) is 2.83. The molecule has 1 aromatic rings. The molecule has 2 rings (SSSR count). The maximum atomic E-state index is 11.0. The molecule has 1 aliphatic rings. The summed E-state index contributed by atoms with van der Waals surface area (Å²) in [5, 5.41) is 17.0. The van der Waals surface area contributed by atoms with Gasteiger partial charge in [-0.15, -0.1) is 0 Å². The highest BCUT2D eigenvalue weighted by Gasteiger charge is 2.21. The number of hydrogen-bond acceptors (Lipinski definition) is 7. The molecule has 0 aromatic carbocycles. The molecule has 0 bridgehead atoms. The second-order valence-electron chi connectivity index (χ2n) is 2.78. The van der Waals surface area contributed by atoms with E-state index in [9.17, 15) is 14.9 Å². The molecule has 1 aliphatic heterocycles. The lowest BCUT2D eigenvalue weighted by Crippen LogP contribution is -2.17. The van der Waals surface area contributed by atoms with Crippen LogP contribution in [0.4, 0.5) is 10.6 Å². The lowest BCUT2D eigenvalue weighted by Gasteiger charge is -2.01. The fraction of sp³-hybridized carbons (Fsp3) is 0.286. The summed E-state index contributed by atoms with van der Waals surface area (Å²) < 4.78 is 4.65. The number of ether oxygens (including phenoxy) is 1. The second kappa shape index (κ2) is 4.23. The van der Waals surface area contributed by atoms with E-state index in [1.54, 1.807) is 0 Å². The number of hydrazone groups is 1. The van der Waals surface area contributed by atoms with Crippen LogP contribution in [0.25, 0.3) is 0 Å². The van der Waals surface area contributed by atoms with E-state index in [0.29, 0.717) is 18.2 Å². The summed E-state index contributed by atoms with van der Waals surface area (Å²) in [4.78, 5) is 24.4. The third-order valence-corrected chi connectivity index (χ3v) is 2.51. The zero-order valence-corrected chi connectivity index (χ0v) is 8.72. The number of cyclic esters (lactones) is 1. The molecule has 1 amide bonds. The van der Waals surface area contributed by atoms with Gasteiger partial charge in [-0.3, -0.25) is 0 Å². The molecule has 9 heteroatoms. The fourth-order valence-corrected chi connectivity index (χ4v) is 1.65. The van der Waals surface area contributed by atoms with Crippen LogP contribution in [0.3, 0.4) is 0 Å². The smallest absolute Gasteiger partial charge is 0.430 e. The summed E-state index contributed by atoms with van der Waals surface area (Å²) in [6, 6.07) is 0. The number of aromatic nitrogens is 1. The molecule has 0 atom stereocenters. The summed E-state index contributed by atoms with van der Waals surface area (Å²) >= 11 is 1.08. The van der Waals surface area contributed by atoms with E-state index < -0.39 is 11.0 Å². The van der Waals surface area contributed by atoms with Crippen LogP contribution in [0.5, 0.6) is 0 Å². The van der Waals surface area contributed by atoms with Crippen LogP contribution < -0.4 is 0 Å². The molecule has 0 radical (unpaired) electrons. The van der Waals surface area contributed by atoms with Crippen molar-refractivity contribution in [3.8, 4) is 0 Å². The third kappa shape index (κ3) is 2.14. The number of rotatable bonds is 3.